The Morgan fingerprint density at radius 2 is 1.89 bits per heavy atom. The number of piperidine rings is 1. The van der Waals surface area contributed by atoms with E-state index in [1.54, 1.807) is 6.92 Å². The highest BCUT2D eigenvalue weighted by atomic mass is 16.2. The molecule has 1 fully saturated rings. The summed E-state index contributed by atoms with van der Waals surface area (Å²) in [6.07, 6.45) is 1.79. The number of amides is 1. The number of aryl methyl sites for hydroxylation is 3. The van der Waals surface area contributed by atoms with E-state index in [2.05, 4.69) is 25.5 Å². The Hall–Kier alpha value is -2.67. The molecule has 3 N–H and O–H groups in total. The van der Waals surface area contributed by atoms with Crippen molar-refractivity contribution in [1.29, 1.82) is 0 Å². The van der Waals surface area contributed by atoms with E-state index in [1.165, 1.54) is 6.07 Å². The summed E-state index contributed by atoms with van der Waals surface area (Å²) in [6, 6.07) is 7.72. The Morgan fingerprint density at radius 1 is 1.22 bits per heavy atom. The number of anilines is 2. The number of hydrogen-bond donors (Lipinski definition) is 3. The van der Waals surface area contributed by atoms with Crippen molar-refractivity contribution in [2.24, 2.45) is 0 Å². The molecule has 7 nitrogen and oxygen atoms in total. The lowest BCUT2D eigenvalue weighted by atomic mass is 10.1. The highest BCUT2D eigenvalue weighted by Gasteiger charge is 2.21. The molecule has 7 heteroatoms. The van der Waals surface area contributed by atoms with Gasteiger partial charge in [-0.3, -0.25) is 19.5 Å². The molecule has 2 aromatic rings. The quantitative estimate of drug-likeness (QED) is 0.752. The third kappa shape index (κ3) is 5.17. The van der Waals surface area contributed by atoms with Gasteiger partial charge in [0.25, 0.3) is 5.56 Å². The van der Waals surface area contributed by atoms with E-state index in [0.29, 0.717) is 18.2 Å². The Balaban J connectivity index is 1.49. The van der Waals surface area contributed by atoms with Gasteiger partial charge in [-0.15, -0.1) is 0 Å². The number of rotatable bonds is 5. The molecule has 0 unspecified atom stereocenters. The van der Waals surface area contributed by atoms with Crippen molar-refractivity contribution in [3.8, 4) is 0 Å². The van der Waals surface area contributed by atoms with Crippen molar-refractivity contribution in [3.63, 3.8) is 0 Å². The highest BCUT2D eigenvalue weighted by Crippen LogP contribution is 2.20. The first kappa shape index (κ1) is 19.1. The largest absolute Gasteiger partial charge is 0.353 e. The van der Waals surface area contributed by atoms with Gasteiger partial charge in [0.15, 0.2) is 0 Å². The van der Waals surface area contributed by atoms with E-state index < -0.39 is 0 Å². The standard InChI is InChI=1S/C20H27N5O2/c1-13-5-4-6-14(2)19(13)23-18(27)12-25-9-7-16(8-10-25)22-20-21-15(3)11-17(26)24-20/h4-6,11,16H,7-10,12H2,1-3H3,(H,23,27)(H2,21,22,24,26). The molecule has 2 heterocycles. The van der Waals surface area contributed by atoms with Crippen LogP contribution in [0.15, 0.2) is 29.1 Å². The van der Waals surface area contributed by atoms with Crippen molar-refractivity contribution in [2.75, 3.05) is 30.3 Å². The maximum Gasteiger partial charge on any atom is 0.252 e. The molecular weight excluding hydrogens is 342 g/mol. The molecule has 0 bridgehead atoms. The van der Waals surface area contributed by atoms with Crippen molar-refractivity contribution in [2.45, 2.75) is 39.7 Å². The minimum absolute atomic E-state index is 0.0171. The van der Waals surface area contributed by atoms with Crippen LogP contribution in [0, 0.1) is 20.8 Å². The van der Waals surface area contributed by atoms with E-state index in [0.717, 1.165) is 42.7 Å². The van der Waals surface area contributed by atoms with Crippen LogP contribution in [0.1, 0.15) is 29.7 Å². The van der Waals surface area contributed by atoms with Crippen LogP contribution in [0.25, 0.3) is 0 Å². The maximum atomic E-state index is 12.4. The number of H-pyrrole nitrogens is 1. The fourth-order valence-electron chi connectivity index (χ4n) is 3.47. The normalized spacial score (nSPS) is 15.5. The summed E-state index contributed by atoms with van der Waals surface area (Å²) >= 11 is 0. The molecular formula is C20H27N5O2. The van der Waals surface area contributed by atoms with Gasteiger partial charge in [-0.25, -0.2) is 4.98 Å². The van der Waals surface area contributed by atoms with Gasteiger partial charge >= 0.3 is 0 Å². The topological polar surface area (TPSA) is 90.1 Å². The number of benzene rings is 1. The molecule has 1 aromatic heterocycles. The number of hydrogen-bond acceptors (Lipinski definition) is 5. The third-order valence-electron chi connectivity index (χ3n) is 4.91. The summed E-state index contributed by atoms with van der Waals surface area (Å²) in [5.41, 5.74) is 3.61. The molecule has 1 aliphatic rings. The molecule has 0 spiro atoms. The predicted molar refractivity (Wildman–Crippen MR) is 107 cm³/mol. The zero-order chi connectivity index (χ0) is 19.4. The number of nitrogens with one attached hydrogen (secondary N) is 3. The molecule has 1 aliphatic heterocycles. The molecule has 0 saturated carbocycles. The van der Waals surface area contributed by atoms with Crippen molar-refractivity contribution in [3.05, 3.63) is 51.4 Å². The van der Waals surface area contributed by atoms with Crippen LogP contribution in [0.3, 0.4) is 0 Å². The fourth-order valence-corrected chi connectivity index (χ4v) is 3.47. The van der Waals surface area contributed by atoms with Crippen LogP contribution in [0.2, 0.25) is 0 Å². The summed E-state index contributed by atoms with van der Waals surface area (Å²) < 4.78 is 0. The molecule has 3 rings (SSSR count). The maximum absolute atomic E-state index is 12.4. The Bertz CT molecular complexity index is 849. The van der Waals surface area contributed by atoms with Crippen molar-refractivity contribution in [1.82, 2.24) is 14.9 Å². The molecule has 144 valence electrons. The molecule has 1 amide bonds. The smallest absolute Gasteiger partial charge is 0.252 e. The first-order valence-electron chi connectivity index (χ1n) is 9.33. The van der Waals surface area contributed by atoms with Crippen molar-refractivity contribution < 1.29 is 4.79 Å². The second-order valence-corrected chi connectivity index (χ2v) is 7.25. The number of para-hydroxylation sites is 1. The van der Waals surface area contributed by atoms with Crippen LogP contribution in [-0.2, 0) is 4.79 Å². The van der Waals surface area contributed by atoms with Crippen LogP contribution < -0.4 is 16.2 Å². The number of nitrogens with zero attached hydrogens (tertiary/aromatic N) is 2. The number of aromatic amines is 1. The average Bonchev–Trinajstić information content (AvgIpc) is 2.59. The second-order valence-electron chi connectivity index (χ2n) is 7.25. The summed E-state index contributed by atoms with van der Waals surface area (Å²) in [5, 5.41) is 6.34. The van der Waals surface area contributed by atoms with E-state index in [9.17, 15) is 9.59 Å². The molecule has 0 atom stereocenters. The van der Waals surface area contributed by atoms with Gasteiger partial charge in [0.2, 0.25) is 11.9 Å². The van der Waals surface area contributed by atoms with Gasteiger partial charge < -0.3 is 10.6 Å². The van der Waals surface area contributed by atoms with Gasteiger partial charge in [-0.1, -0.05) is 18.2 Å². The van der Waals surface area contributed by atoms with Gasteiger partial charge in [-0.05, 0) is 44.7 Å². The number of carbonyl (C=O) groups is 1. The SMILES string of the molecule is Cc1cc(=O)[nH]c(NC2CCN(CC(=O)Nc3c(C)cccc3C)CC2)n1. The molecule has 1 aromatic carbocycles. The third-order valence-corrected chi connectivity index (χ3v) is 4.91. The lowest BCUT2D eigenvalue weighted by Crippen LogP contribution is -2.43. The van der Waals surface area contributed by atoms with Crippen molar-refractivity contribution >= 4 is 17.5 Å². The van der Waals surface area contributed by atoms with Crippen LogP contribution in [0.5, 0.6) is 0 Å². The fraction of sp³-hybridized carbons (Fsp3) is 0.450. The minimum Gasteiger partial charge on any atom is -0.353 e. The molecule has 0 aliphatic carbocycles. The number of aromatic nitrogens is 2. The van der Waals surface area contributed by atoms with Gasteiger partial charge in [0.05, 0.1) is 6.54 Å². The summed E-state index contributed by atoms with van der Waals surface area (Å²) in [5.74, 6) is 0.537. The zero-order valence-corrected chi connectivity index (χ0v) is 16.1. The number of carbonyl (C=O) groups excluding carboxylic acids is 1. The average molecular weight is 369 g/mol. The van der Waals surface area contributed by atoms with E-state index in [4.69, 9.17) is 0 Å². The highest BCUT2D eigenvalue weighted by molar-refractivity contribution is 5.93. The Labute approximate surface area is 159 Å². The van der Waals surface area contributed by atoms with Gasteiger partial charge in [0, 0.05) is 36.6 Å². The van der Waals surface area contributed by atoms with E-state index in [-0.39, 0.29) is 17.5 Å². The monoisotopic (exact) mass is 369 g/mol. The molecule has 1 saturated heterocycles. The lowest BCUT2D eigenvalue weighted by Gasteiger charge is -2.32. The van der Waals surface area contributed by atoms with Gasteiger partial charge in [0.1, 0.15) is 0 Å². The Morgan fingerprint density at radius 3 is 2.52 bits per heavy atom. The minimum atomic E-state index is -0.148. The Kier molecular flexibility index (Phi) is 5.91. The summed E-state index contributed by atoms with van der Waals surface area (Å²) in [4.78, 5) is 33.1. The first-order valence-corrected chi connectivity index (χ1v) is 9.33. The summed E-state index contributed by atoms with van der Waals surface area (Å²) in [7, 11) is 0. The number of likely N-dealkylation sites (tertiary alicyclic amines) is 1. The lowest BCUT2D eigenvalue weighted by molar-refractivity contribution is -0.117. The summed E-state index contributed by atoms with van der Waals surface area (Å²) in [6.45, 7) is 7.85. The van der Waals surface area contributed by atoms with E-state index >= 15 is 0 Å². The van der Waals surface area contributed by atoms with Crippen LogP contribution in [-0.4, -0.2) is 46.5 Å². The molecule has 0 radical (unpaired) electrons. The van der Waals surface area contributed by atoms with Crippen LogP contribution in [0.4, 0.5) is 11.6 Å². The first-order chi connectivity index (χ1) is 12.9. The zero-order valence-electron chi connectivity index (χ0n) is 16.1. The van der Waals surface area contributed by atoms with Gasteiger partial charge in [-0.2, -0.15) is 0 Å². The predicted octanol–water partition coefficient (Wildman–Crippen LogP) is 2.21. The van der Waals surface area contributed by atoms with Crippen LogP contribution >= 0.6 is 0 Å². The van der Waals surface area contributed by atoms with E-state index in [1.807, 2.05) is 32.0 Å². The second kappa shape index (κ2) is 8.35. The molecule has 27 heavy (non-hydrogen) atoms.